The van der Waals surface area contributed by atoms with Crippen molar-refractivity contribution < 1.29 is 9.53 Å². The molecular weight excluding hydrogens is 264 g/mol. The zero-order valence-corrected chi connectivity index (χ0v) is 13.4. The van der Waals surface area contributed by atoms with Gasteiger partial charge >= 0.3 is 0 Å². The van der Waals surface area contributed by atoms with Gasteiger partial charge in [0.1, 0.15) is 5.75 Å². The smallest absolute Gasteiger partial charge is 0.220 e. The lowest BCUT2D eigenvalue weighted by molar-refractivity contribution is -0.121. The van der Waals surface area contributed by atoms with E-state index in [-0.39, 0.29) is 5.91 Å². The number of aryl methyl sites for hydroxylation is 1. The summed E-state index contributed by atoms with van der Waals surface area (Å²) in [7, 11) is 0. The Balaban J connectivity index is 2.42. The molecule has 1 rings (SSSR count). The minimum Gasteiger partial charge on any atom is -0.491 e. The Kier molecular flexibility index (Phi) is 7.65. The minimum atomic E-state index is 0.0885. The lowest BCUT2D eigenvalue weighted by Crippen LogP contribution is -2.27. The topological polar surface area (TPSA) is 64.3 Å². The summed E-state index contributed by atoms with van der Waals surface area (Å²) in [6.45, 7) is 7.71. The van der Waals surface area contributed by atoms with Crippen LogP contribution < -0.4 is 15.8 Å². The van der Waals surface area contributed by atoms with Crippen molar-refractivity contribution >= 4 is 11.6 Å². The van der Waals surface area contributed by atoms with Crippen LogP contribution in [0.5, 0.6) is 5.75 Å². The molecule has 0 spiro atoms. The quantitative estimate of drug-likeness (QED) is 0.543. The fourth-order valence-electron chi connectivity index (χ4n) is 1.88. The summed E-state index contributed by atoms with van der Waals surface area (Å²) in [6, 6.07) is 5.77. The first-order valence-electron chi connectivity index (χ1n) is 7.80. The average molecular weight is 292 g/mol. The fourth-order valence-corrected chi connectivity index (χ4v) is 1.88. The first-order chi connectivity index (χ1) is 10.0. The molecule has 0 unspecified atom stereocenters. The Labute approximate surface area is 128 Å². The highest BCUT2D eigenvalue weighted by atomic mass is 16.5. The van der Waals surface area contributed by atoms with Gasteiger partial charge in [-0.15, -0.1) is 0 Å². The molecule has 0 atom stereocenters. The number of nitrogens with two attached hydrogens (primary N) is 1. The van der Waals surface area contributed by atoms with E-state index in [1.165, 1.54) is 0 Å². The Hall–Kier alpha value is -1.71. The Bertz CT molecular complexity index is 444. The van der Waals surface area contributed by atoms with Crippen LogP contribution in [0.15, 0.2) is 18.2 Å². The largest absolute Gasteiger partial charge is 0.491 e. The number of unbranched alkanes of at least 4 members (excludes halogenated alkanes) is 1. The van der Waals surface area contributed by atoms with Crippen LogP contribution in [0, 0.1) is 5.92 Å². The van der Waals surface area contributed by atoms with E-state index in [1.807, 2.05) is 18.2 Å². The third-order valence-electron chi connectivity index (χ3n) is 3.18. The van der Waals surface area contributed by atoms with E-state index in [1.54, 1.807) is 0 Å². The SMILES string of the molecule is CCCCOc1ccc(CCC(=O)NCC(C)C)cc1N. The second-order valence-electron chi connectivity index (χ2n) is 5.77. The molecule has 1 aromatic rings. The van der Waals surface area contributed by atoms with Gasteiger partial charge in [-0.05, 0) is 36.5 Å². The van der Waals surface area contributed by atoms with Gasteiger partial charge in [0.15, 0.2) is 0 Å². The van der Waals surface area contributed by atoms with Crippen LogP contribution in [0.25, 0.3) is 0 Å². The Morgan fingerprint density at radius 2 is 2.14 bits per heavy atom. The van der Waals surface area contributed by atoms with Crippen LogP contribution in [0.1, 0.15) is 45.6 Å². The van der Waals surface area contributed by atoms with Crippen molar-refractivity contribution in [1.82, 2.24) is 5.32 Å². The summed E-state index contributed by atoms with van der Waals surface area (Å²) in [5.41, 5.74) is 7.69. The molecular formula is C17H28N2O2. The second kappa shape index (κ2) is 9.27. The molecule has 0 aliphatic carbocycles. The molecule has 0 aliphatic rings. The van der Waals surface area contributed by atoms with Crippen molar-refractivity contribution in [3.63, 3.8) is 0 Å². The maximum Gasteiger partial charge on any atom is 0.220 e. The molecule has 0 bridgehead atoms. The summed E-state index contributed by atoms with van der Waals surface area (Å²) in [4.78, 5) is 11.7. The van der Waals surface area contributed by atoms with Crippen molar-refractivity contribution in [2.75, 3.05) is 18.9 Å². The van der Waals surface area contributed by atoms with Crippen molar-refractivity contribution in [2.45, 2.75) is 46.5 Å². The summed E-state index contributed by atoms with van der Waals surface area (Å²) in [6.07, 6.45) is 3.31. The van der Waals surface area contributed by atoms with Gasteiger partial charge < -0.3 is 15.8 Å². The van der Waals surface area contributed by atoms with Crippen molar-refractivity contribution in [2.24, 2.45) is 5.92 Å². The van der Waals surface area contributed by atoms with Crippen LogP contribution >= 0.6 is 0 Å². The average Bonchev–Trinajstić information content (AvgIpc) is 2.45. The molecule has 3 N–H and O–H groups in total. The molecule has 0 radical (unpaired) electrons. The van der Waals surface area contributed by atoms with Gasteiger partial charge in [0.2, 0.25) is 5.91 Å². The third kappa shape index (κ3) is 7.02. The standard InChI is InChI=1S/C17H28N2O2/c1-4-5-10-21-16-8-6-14(11-15(16)18)7-9-17(20)19-12-13(2)3/h6,8,11,13H,4-5,7,9-10,12,18H2,1-3H3,(H,19,20). The summed E-state index contributed by atoms with van der Waals surface area (Å²) in [5.74, 6) is 1.30. The van der Waals surface area contributed by atoms with Crippen LogP contribution in [0.4, 0.5) is 5.69 Å². The van der Waals surface area contributed by atoms with Crippen LogP contribution in [-0.2, 0) is 11.2 Å². The van der Waals surface area contributed by atoms with E-state index in [0.717, 1.165) is 30.7 Å². The Morgan fingerprint density at radius 3 is 2.76 bits per heavy atom. The van der Waals surface area contributed by atoms with E-state index in [0.29, 0.717) is 31.1 Å². The van der Waals surface area contributed by atoms with Gasteiger partial charge in [-0.3, -0.25) is 4.79 Å². The number of anilines is 1. The van der Waals surface area contributed by atoms with Gasteiger partial charge in [0.25, 0.3) is 0 Å². The number of hydrogen-bond acceptors (Lipinski definition) is 3. The molecule has 0 heterocycles. The number of carbonyl (C=O) groups is 1. The van der Waals surface area contributed by atoms with Crippen LogP contribution in [-0.4, -0.2) is 19.1 Å². The number of amides is 1. The number of hydrogen-bond donors (Lipinski definition) is 2. The fraction of sp³-hybridized carbons (Fsp3) is 0.588. The molecule has 0 fully saturated rings. The van der Waals surface area contributed by atoms with Crippen LogP contribution in [0.3, 0.4) is 0 Å². The van der Waals surface area contributed by atoms with E-state index < -0.39 is 0 Å². The van der Waals surface area contributed by atoms with Gasteiger partial charge in [-0.2, -0.15) is 0 Å². The Morgan fingerprint density at radius 1 is 1.38 bits per heavy atom. The number of nitrogens with one attached hydrogen (secondary N) is 1. The van der Waals surface area contributed by atoms with Gasteiger partial charge in [-0.25, -0.2) is 0 Å². The molecule has 0 saturated carbocycles. The van der Waals surface area contributed by atoms with Gasteiger partial charge in [0.05, 0.1) is 12.3 Å². The monoisotopic (exact) mass is 292 g/mol. The minimum absolute atomic E-state index is 0.0885. The van der Waals surface area contributed by atoms with Crippen molar-refractivity contribution in [1.29, 1.82) is 0 Å². The molecule has 4 nitrogen and oxygen atoms in total. The highest BCUT2D eigenvalue weighted by Crippen LogP contribution is 2.23. The molecule has 0 saturated heterocycles. The predicted molar refractivity (Wildman–Crippen MR) is 87.4 cm³/mol. The zero-order chi connectivity index (χ0) is 15.7. The molecule has 1 amide bonds. The van der Waals surface area contributed by atoms with E-state index >= 15 is 0 Å². The van der Waals surface area contributed by atoms with E-state index in [2.05, 4.69) is 26.1 Å². The molecule has 118 valence electrons. The molecule has 0 aliphatic heterocycles. The van der Waals surface area contributed by atoms with Gasteiger partial charge in [-0.1, -0.05) is 33.3 Å². The molecule has 21 heavy (non-hydrogen) atoms. The highest BCUT2D eigenvalue weighted by Gasteiger charge is 2.06. The van der Waals surface area contributed by atoms with E-state index in [9.17, 15) is 4.79 Å². The maximum atomic E-state index is 11.7. The number of rotatable bonds is 9. The van der Waals surface area contributed by atoms with Crippen molar-refractivity contribution in [3.05, 3.63) is 23.8 Å². The molecule has 4 heteroatoms. The maximum absolute atomic E-state index is 11.7. The lowest BCUT2D eigenvalue weighted by Gasteiger charge is -2.11. The summed E-state index contributed by atoms with van der Waals surface area (Å²) in [5, 5.41) is 2.92. The second-order valence-corrected chi connectivity index (χ2v) is 5.77. The first kappa shape index (κ1) is 17.3. The lowest BCUT2D eigenvalue weighted by atomic mass is 10.1. The summed E-state index contributed by atoms with van der Waals surface area (Å²) < 4.78 is 5.62. The molecule has 1 aromatic carbocycles. The predicted octanol–water partition coefficient (Wildman–Crippen LogP) is 3.15. The highest BCUT2D eigenvalue weighted by molar-refractivity contribution is 5.76. The van der Waals surface area contributed by atoms with Gasteiger partial charge in [0, 0.05) is 13.0 Å². The third-order valence-corrected chi connectivity index (χ3v) is 3.18. The summed E-state index contributed by atoms with van der Waals surface area (Å²) >= 11 is 0. The number of ether oxygens (including phenoxy) is 1. The van der Waals surface area contributed by atoms with Crippen LogP contribution in [0.2, 0.25) is 0 Å². The number of benzene rings is 1. The number of nitrogen functional groups attached to an aromatic ring is 1. The normalized spacial score (nSPS) is 10.7. The van der Waals surface area contributed by atoms with Crippen molar-refractivity contribution in [3.8, 4) is 5.75 Å². The number of carbonyl (C=O) groups excluding carboxylic acids is 1. The molecule has 0 aromatic heterocycles. The zero-order valence-electron chi connectivity index (χ0n) is 13.4. The first-order valence-corrected chi connectivity index (χ1v) is 7.80. The van der Waals surface area contributed by atoms with E-state index in [4.69, 9.17) is 10.5 Å².